The summed E-state index contributed by atoms with van der Waals surface area (Å²) in [6.07, 6.45) is 8.71. The molecule has 0 N–H and O–H groups in total. The normalized spacial score (nSPS) is 11.5. The lowest BCUT2D eigenvalue weighted by Gasteiger charge is -2.26. The minimum absolute atomic E-state index is 0.503. The predicted octanol–water partition coefficient (Wildman–Crippen LogP) is 15.2. The van der Waals surface area contributed by atoms with Crippen LogP contribution in [0, 0.1) is 0 Å². The van der Waals surface area contributed by atoms with E-state index < -0.39 is 0 Å². The number of para-hydroxylation sites is 2. The third-order valence-electron chi connectivity index (χ3n) is 9.84. The van der Waals surface area contributed by atoms with Crippen molar-refractivity contribution in [3.05, 3.63) is 215 Å². The van der Waals surface area contributed by atoms with E-state index in [0.717, 1.165) is 45.3 Å². The largest absolute Gasteiger partial charge is 0.311 e. The average molecular weight is 701 g/mol. The van der Waals surface area contributed by atoms with E-state index in [1.807, 2.05) is 0 Å². The standard InChI is InChI=1S/C52H48N2/c1-39(2)45-27-35-51(36-28-45)53(47-11-7-5-8-12-47)49-31-23-43(24-32-49)21-19-41-15-17-42(18-16-41)20-22-44-25-33-50(34-26-44)54(48-13-9-6-10-14-48)52-37-29-46(30-38-52)40(3)4/h5-40H,1-4H3/b21-19+,22-20+. The van der Waals surface area contributed by atoms with Crippen LogP contribution < -0.4 is 9.80 Å². The monoisotopic (exact) mass is 700 g/mol. The van der Waals surface area contributed by atoms with Crippen molar-refractivity contribution in [1.29, 1.82) is 0 Å². The molecule has 0 aliphatic rings. The maximum atomic E-state index is 2.31. The molecule has 0 aliphatic carbocycles. The van der Waals surface area contributed by atoms with E-state index in [9.17, 15) is 0 Å². The summed E-state index contributed by atoms with van der Waals surface area (Å²) in [6.45, 7) is 8.93. The first kappa shape index (κ1) is 36.0. The van der Waals surface area contributed by atoms with Crippen molar-refractivity contribution in [3.63, 3.8) is 0 Å². The molecule has 0 saturated carbocycles. The molecule has 7 rings (SSSR count). The molecular weight excluding hydrogens is 653 g/mol. The van der Waals surface area contributed by atoms with Crippen LogP contribution >= 0.6 is 0 Å². The van der Waals surface area contributed by atoms with Crippen LogP contribution in [0.25, 0.3) is 24.3 Å². The Bertz CT molecular complexity index is 2100. The summed E-state index contributed by atoms with van der Waals surface area (Å²) >= 11 is 0. The number of rotatable bonds is 12. The molecule has 0 atom stereocenters. The summed E-state index contributed by atoms with van der Waals surface area (Å²) in [5, 5.41) is 0. The van der Waals surface area contributed by atoms with Gasteiger partial charge in [-0.05, 0) is 118 Å². The number of hydrogen-bond donors (Lipinski definition) is 0. The second-order valence-corrected chi connectivity index (χ2v) is 14.4. The van der Waals surface area contributed by atoms with Gasteiger partial charge in [-0.25, -0.2) is 0 Å². The molecule has 0 unspecified atom stereocenters. The summed E-state index contributed by atoms with van der Waals surface area (Å²) in [6, 6.07) is 65.2. The van der Waals surface area contributed by atoms with Gasteiger partial charge in [0, 0.05) is 34.1 Å². The van der Waals surface area contributed by atoms with Gasteiger partial charge in [0.15, 0.2) is 0 Å². The Morgan fingerprint density at radius 1 is 0.278 bits per heavy atom. The van der Waals surface area contributed by atoms with Gasteiger partial charge in [0.25, 0.3) is 0 Å². The second-order valence-electron chi connectivity index (χ2n) is 14.4. The van der Waals surface area contributed by atoms with E-state index in [4.69, 9.17) is 0 Å². The molecule has 54 heavy (non-hydrogen) atoms. The van der Waals surface area contributed by atoms with Crippen LogP contribution in [0.1, 0.15) is 72.9 Å². The highest BCUT2D eigenvalue weighted by Crippen LogP contribution is 2.37. The Kier molecular flexibility index (Phi) is 11.3. The van der Waals surface area contributed by atoms with Gasteiger partial charge in [0.2, 0.25) is 0 Å². The van der Waals surface area contributed by atoms with Crippen molar-refractivity contribution in [3.8, 4) is 0 Å². The van der Waals surface area contributed by atoms with Crippen LogP contribution in [-0.4, -0.2) is 0 Å². The third-order valence-corrected chi connectivity index (χ3v) is 9.84. The quantitative estimate of drug-likeness (QED) is 0.117. The minimum atomic E-state index is 0.503. The Hall–Kier alpha value is -6.38. The van der Waals surface area contributed by atoms with E-state index in [1.165, 1.54) is 22.3 Å². The smallest absolute Gasteiger partial charge is 0.0462 e. The van der Waals surface area contributed by atoms with Crippen LogP contribution in [0.5, 0.6) is 0 Å². The zero-order valence-electron chi connectivity index (χ0n) is 31.7. The molecule has 0 amide bonds. The number of nitrogens with zero attached hydrogens (tertiary/aromatic N) is 2. The van der Waals surface area contributed by atoms with Crippen LogP contribution in [0.4, 0.5) is 34.1 Å². The van der Waals surface area contributed by atoms with Crippen molar-refractivity contribution in [2.24, 2.45) is 0 Å². The van der Waals surface area contributed by atoms with E-state index >= 15 is 0 Å². The molecule has 0 aliphatic heterocycles. The molecule has 7 aromatic carbocycles. The zero-order valence-corrected chi connectivity index (χ0v) is 31.7. The molecule has 0 aromatic heterocycles. The molecule has 0 heterocycles. The number of anilines is 6. The highest BCUT2D eigenvalue weighted by molar-refractivity contribution is 5.80. The predicted molar refractivity (Wildman–Crippen MR) is 235 cm³/mol. The lowest BCUT2D eigenvalue weighted by atomic mass is 10.0. The fourth-order valence-electron chi connectivity index (χ4n) is 6.64. The lowest BCUT2D eigenvalue weighted by Crippen LogP contribution is -2.09. The molecule has 0 fully saturated rings. The van der Waals surface area contributed by atoms with Crippen molar-refractivity contribution in [1.82, 2.24) is 0 Å². The SMILES string of the molecule is CC(C)c1ccc(N(c2ccccc2)c2ccc(/C=C/c3ccc(/C=C/c4ccc(N(c5ccccc5)c5ccc(C(C)C)cc5)cc4)cc3)cc2)cc1. The number of benzene rings is 7. The first-order chi connectivity index (χ1) is 26.4. The van der Waals surface area contributed by atoms with E-state index in [0.29, 0.717) is 11.8 Å². The van der Waals surface area contributed by atoms with Gasteiger partial charge in [0.05, 0.1) is 0 Å². The van der Waals surface area contributed by atoms with Crippen molar-refractivity contribution in [2.75, 3.05) is 9.80 Å². The molecule has 0 spiro atoms. The molecule has 7 aromatic rings. The van der Waals surface area contributed by atoms with E-state index in [1.54, 1.807) is 0 Å². The summed E-state index contributed by atoms with van der Waals surface area (Å²) in [7, 11) is 0. The van der Waals surface area contributed by atoms with E-state index in [2.05, 4.69) is 244 Å². The van der Waals surface area contributed by atoms with Crippen molar-refractivity contribution < 1.29 is 0 Å². The summed E-state index contributed by atoms with van der Waals surface area (Å²) < 4.78 is 0. The first-order valence-electron chi connectivity index (χ1n) is 19.0. The highest BCUT2D eigenvalue weighted by atomic mass is 15.1. The Balaban J connectivity index is 1.01. The maximum absolute atomic E-state index is 2.31. The third kappa shape index (κ3) is 8.80. The van der Waals surface area contributed by atoms with Crippen LogP contribution in [0.3, 0.4) is 0 Å². The van der Waals surface area contributed by atoms with Crippen LogP contribution in [-0.2, 0) is 0 Å². The molecule has 2 nitrogen and oxygen atoms in total. The van der Waals surface area contributed by atoms with Gasteiger partial charge >= 0.3 is 0 Å². The summed E-state index contributed by atoms with van der Waals surface area (Å²) in [5.41, 5.74) is 14.2. The number of hydrogen-bond acceptors (Lipinski definition) is 2. The summed E-state index contributed by atoms with van der Waals surface area (Å²) in [4.78, 5) is 4.62. The second kappa shape index (κ2) is 17.0. The fourth-order valence-corrected chi connectivity index (χ4v) is 6.64. The zero-order chi connectivity index (χ0) is 37.3. The summed E-state index contributed by atoms with van der Waals surface area (Å²) in [5.74, 6) is 1.01. The van der Waals surface area contributed by atoms with Gasteiger partial charge in [-0.1, -0.05) is 161 Å². The molecule has 0 radical (unpaired) electrons. The highest BCUT2D eigenvalue weighted by Gasteiger charge is 2.14. The van der Waals surface area contributed by atoms with E-state index in [-0.39, 0.29) is 0 Å². The Morgan fingerprint density at radius 3 is 0.759 bits per heavy atom. The molecular formula is C52H48N2. The Morgan fingerprint density at radius 2 is 0.500 bits per heavy atom. The Labute approximate surface area is 322 Å². The maximum Gasteiger partial charge on any atom is 0.0462 e. The lowest BCUT2D eigenvalue weighted by molar-refractivity contribution is 0.866. The first-order valence-corrected chi connectivity index (χ1v) is 19.0. The van der Waals surface area contributed by atoms with Crippen LogP contribution in [0.15, 0.2) is 182 Å². The minimum Gasteiger partial charge on any atom is -0.311 e. The molecule has 0 bridgehead atoms. The van der Waals surface area contributed by atoms with Gasteiger partial charge in [0.1, 0.15) is 0 Å². The average Bonchev–Trinajstić information content (AvgIpc) is 3.22. The molecule has 266 valence electrons. The van der Waals surface area contributed by atoms with Gasteiger partial charge in [-0.2, -0.15) is 0 Å². The van der Waals surface area contributed by atoms with Gasteiger partial charge < -0.3 is 9.80 Å². The van der Waals surface area contributed by atoms with Gasteiger partial charge in [-0.15, -0.1) is 0 Å². The van der Waals surface area contributed by atoms with Crippen LogP contribution in [0.2, 0.25) is 0 Å². The fraction of sp³-hybridized carbons (Fsp3) is 0.115. The molecule has 2 heteroatoms. The molecule has 0 saturated heterocycles. The topological polar surface area (TPSA) is 6.48 Å². The van der Waals surface area contributed by atoms with Crippen molar-refractivity contribution >= 4 is 58.4 Å². The van der Waals surface area contributed by atoms with Gasteiger partial charge in [-0.3, -0.25) is 0 Å². The van der Waals surface area contributed by atoms with Crippen molar-refractivity contribution in [2.45, 2.75) is 39.5 Å².